The maximum atomic E-state index is 14.6. The molecule has 0 bridgehead atoms. The van der Waals surface area contributed by atoms with Crippen molar-refractivity contribution in [3.05, 3.63) is 143 Å². The van der Waals surface area contributed by atoms with Crippen LogP contribution >= 0.6 is 0 Å². The molecule has 0 amide bonds. The Bertz CT molecular complexity index is 2400. The Balaban J connectivity index is 1.61. The summed E-state index contributed by atoms with van der Waals surface area (Å²) in [7, 11) is 0. The first-order valence-corrected chi connectivity index (χ1v) is 15.8. The first-order valence-electron chi connectivity index (χ1n) is 15.8. The Morgan fingerprint density at radius 2 is 0.896 bits per heavy atom. The average Bonchev–Trinajstić information content (AvgIpc) is 3.53. The number of fused-ring (bicyclic) bond motifs is 6. The van der Waals surface area contributed by atoms with Crippen LogP contribution in [0.4, 0.5) is 13.2 Å². The minimum Gasteiger partial charge on any atom is -0.308 e. The third kappa shape index (κ3) is 4.50. The molecule has 234 valence electrons. The fourth-order valence-corrected chi connectivity index (χ4v) is 7.21. The Kier molecular flexibility index (Phi) is 6.54. The van der Waals surface area contributed by atoms with Gasteiger partial charge in [0.2, 0.25) is 0 Å². The molecule has 0 N–H and O–H groups in total. The monoisotopic (exact) mass is 633 g/mol. The average molecular weight is 634 g/mol. The topological polar surface area (TPSA) is 33.6 Å². The fourth-order valence-electron chi connectivity index (χ4n) is 7.21. The van der Waals surface area contributed by atoms with Gasteiger partial charge in [-0.15, -0.1) is 0 Å². The van der Waals surface area contributed by atoms with Crippen LogP contribution in [0.5, 0.6) is 0 Å². The number of nitrogens with zero attached hydrogens (tertiary/aromatic N) is 3. The molecule has 0 saturated carbocycles. The lowest BCUT2D eigenvalue weighted by Crippen LogP contribution is -2.09. The molecule has 48 heavy (non-hydrogen) atoms. The number of hydrogen-bond donors (Lipinski definition) is 0. The summed E-state index contributed by atoms with van der Waals surface area (Å²) in [6.45, 7) is 8.06. The molecular formula is C42H30F3N3. The van der Waals surface area contributed by atoms with E-state index in [1.807, 2.05) is 27.7 Å². The van der Waals surface area contributed by atoms with Crippen molar-refractivity contribution in [3.63, 3.8) is 0 Å². The molecule has 0 radical (unpaired) electrons. The van der Waals surface area contributed by atoms with E-state index >= 15 is 0 Å². The second-order valence-electron chi connectivity index (χ2n) is 12.8. The lowest BCUT2D eigenvalue weighted by atomic mass is 9.96. The van der Waals surface area contributed by atoms with E-state index in [0.29, 0.717) is 22.5 Å². The van der Waals surface area contributed by atoms with E-state index in [4.69, 9.17) is 0 Å². The summed E-state index contributed by atoms with van der Waals surface area (Å²) in [6.07, 6.45) is -4.58. The Labute approximate surface area is 275 Å². The normalized spacial score (nSPS) is 12.0. The van der Waals surface area contributed by atoms with E-state index in [1.54, 1.807) is 18.2 Å². The van der Waals surface area contributed by atoms with Gasteiger partial charge in [-0.1, -0.05) is 66.7 Å². The van der Waals surface area contributed by atoms with E-state index < -0.39 is 11.7 Å². The maximum Gasteiger partial charge on any atom is 0.417 e. The van der Waals surface area contributed by atoms with Crippen molar-refractivity contribution in [1.29, 1.82) is 5.26 Å². The highest BCUT2D eigenvalue weighted by Crippen LogP contribution is 2.43. The van der Waals surface area contributed by atoms with Gasteiger partial charge in [0.15, 0.2) is 0 Å². The number of rotatable bonds is 3. The molecule has 3 nitrogen and oxygen atoms in total. The number of hydrogen-bond acceptors (Lipinski definition) is 1. The van der Waals surface area contributed by atoms with Crippen LogP contribution in [0.1, 0.15) is 33.4 Å². The van der Waals surface area contributed by atoms with Gasteiger partial charge in [-0.3, -0.25) is 0 Å². The van der Waals surface area contributed by atoms with Gasteiger partial charge in [0.25, 0.3) is 0 Å². The Hall–Kier alpha value is -5.80. The quantitative estimate of drug-likeness (QED) is 0.191. The van der Waals surface area contributed by atoms with Gasteiger partial charge in [-0.25, -0.2) is 0 Å². The van der Waals surface area contributed by atoms with Crippen molar-refractivity contribution in [3.8, 4) is 28.6 Å². The van der Waals surface area contributed by atoms with Crippen LogP contribution in [0, 0.1) is 39.0 Å². The second kappa shape index (κ2) is 10.6. The van der Waals surface area contributed by atoms with Crippen molar-refractivity contribution in [1.82, 2.24) is 9.13 Å². The zero-order valence-corrected chi connectivity index (χ0v) is 26.9. The van der Waals surface area contributed by atoms with Crippen molar-refractivity contribution >= 4 is 43.6 Å². The molecule has 6 heteroatoms. The zero-order chi connectivity index (χ0) is 33.5. The van der Waals surface area contributed by atoms with Crippen LogP contribution in [0.15, 0.2) is 109 Å². The van der Waals surface area contributed by atoms with Gasteiger partial charge in [-0.05, 0) is 104 Å². The minimum atomic E-state index is -4.58. The number of nitriles is 1. The fraction of sp³-hybridized carbons (Fsp3) is 0.119. The number of benzene rings is 6. The molecule has 0 aliphatic rings. The van der Waals surface area contributed by atoms with Crippen LogP contribution < -0.4 is 0 Å². The molecular weight excluding hydrogens is 603 g/mol. The van der Waals surface area contributed by atoms with Gasteiger partial charge in [0.05, 0.1) is 39.0 Å². The van der Waals surface area contributed by atoms with E-state index in [0.717, 1.165) is 71.9 Å². The summed E-state index contributed by atoms with van der Waals surface area (Å²) in [5, 5.41) is 15.1. The number of halogens is 3. The minimum absolute atomic E-state index is 0.0539. The summed E-state index contributed by atoms with van der Waals surface area (Å²) in [5.41, 5.74) is 8.78. The summed E-state index contributed by atoms with van der Waals surface area (Å²) in [4.78, 5) is 0. The molecule has 0 saturated heterocycles. The summed E-state index contributed by atoms with van der Waals surface area (Å²) >= 11 is 0. The van der Waals surface area contributed by atoms with Crippen LogP contribution in [-0.2, 0) is 6.18 Å². The number of alkyl halides is 3. The highest BCUT2D eigenvalue weighted by molar-refractivity contribution is 6.11. The number of aromatic nitrogens is 2. The van der Waals surface area contributed by atoms with Crippen molar-refractivity contribution in [2.45, 2.75) is 33.9 Å². The van der Waals surface area contributed by atoms with Crippen molar-refractivity contribution in [2.75, 3.05) is 0 Å². The lowest BCUT2D eigenvalue weighted by molar-refractivity contribution is -0.137. The van der Waals surface area contributed by atoms with E-state index in [-0.39, 0.29) is 5.56 Å². The molecule has 0 fully saturated rings. The Morgan fingerprint density at radius 3 is 1.25 bits per heavy atom. The number of aryl methyl sites for hydroxylation is 4. The molecule has 0 spiro atoms. The molecule has 0 unspecified atom stereocenters. The summed E-state index contributed by atoms with van der Waals surface area (Å²) in [5.74, 6) is 0. The standard InChI is InChI=1S/C42H30F3N3/c1-24-9-13-30-31-14-10-25(2)18-37(31)47(36(30)17-24)40-21-28(29-7-5-6-8-35(29)42(43,44)45)22-41(34(40)23-46)48-38-19-26(3)11-15-32(38)33-16-12-27(4)20-39(33)48/h5-22H,1-4H3. The third-order valence-electron chi connectivity index (χ3n) is 9.39. The van der Waals surface area contributed by atoms with Gasteiger partial charge in [0, 0.05) is 21.5 Å². The van der Waals surface area contributed by atoms with Crippen LogP contribution in [0.25, 0.3) is 66.1 Å². The third-order valence-corrected chi connectivity index (χ3v) is 9.39. The first kappa shape index (κ1) is 29.6. The van der Waals surface area contributed by atoms with Crippen LogP contribution in [-0.4, -0.2) is 9.13 Å². The van der Waals surface area contributed by atoms with Crippen LogP contribution in [0.3, 0.4) is 0 Å². The predicted molar refractivity (Wildman–Crippen MR) is 189 cm³/mol. The molecule has 6 aromatic carbocycles. The van der Waals surface area contributed by atoms with Gasteiger partial charge < -0.3 is 9.13 Å². The predicted octanol–water partition coefficient (Wildman–Crippen LogP) is 11.7. The molecule has 0 aliphatic heterocycles. The molecule has 8 rings (SSSR count). The summed E-state index contributed by atoms with van der Waals surface area (Å²) < 4.78 is 47.8. The van der Waals surface area contributed by atoms with Gasteiger partial charge in [-0.2, -0.15) is 18.4 Å². The molecule has 0 aliphatic carbocycles. The van der Waals surface area contributed by atoms with Crippen molar-refractivity contribution in [2.24, 2.45) is 0 Å². The largest absolute Gasteiger partial charge is 0.417 e. The maximum absolute atomic E-state index is 14.6. The van der Waals surface area contributed by atoms with Gasteiger partial charge in [0.1, 0.15) is 11.6 Å². The van der Waals surface area contributed by atoms with E-state index in [2.05, 4.69) is 88.0 Å². The smallest absolute Gasteiger partial charge is 0.308 e. The van der Waals surface area contributed by atoms with E-state index in [1.165, 1.54) is 12.1 Å². The lowest BCUT2D eigenvalue weighted by Gasteiger charge is -2.20. The molecule has 0 atom stereocenters. The van der Waals surface area contributed by atoms with E-state index in [9.17, 15) is 18.4 Å². The highest BCUT2D eigenvalue weighted by atomic mass is 19.4. The van der Waals surface area contributed by atoms with Gasteiger partial charge >= 0.3 is 6.18 Å². The first-order chi connectivity index (χ1) is 23.0. The zero-order valence-electron chi connectivity index (χ0n) is 26.9. The second-order valence-corrected chi connectivity index (χ2v) is 12.8. The SMILES string of the molecule is Cc1ccc2c3ccc(C)cc3n(-c3cc(-c4ccccc4C(F)(F)F)cc(-n4c5cc(C)ccc5c5ccc(C)cc54)c3C#N)c2c1. The van der Waals surface area contributed by atoms with Crippen LogP contribution in [0.2, 0.25) is 0 Å². The molecule has 8 aromatic rings. The Morgan fingerprint density at radius 1 is 0.521 bits per heavy atom. The highest BCUT2D eigenvalue weighted by Gasteiger charge is 2.34. The van der Waals surface area contributed by atoms with Crippen molar-refractivity contribution < 1.29 is 13.2 Å². The summed E-state index contributed by atoms with van der Waals surface area (Å²) in [6, 6.07) is 36.5. The molecule has 2 aromatic heterocycles. The molecule has 2 heterocycles.